The van der Waals surface area contributed by atoms with E-state index in [1.807, 2.05) is 0 Å². The summed E-state index contributed by atoms with van der Waals surface area (Å²) in [5, 5.41) is 1.09. The standard InChI is InChI=1S/C5H11ClN2O/c1-4(6)5(9)7-8(2)3/h4H,1-3H3,(H,7,9). The summed E-state index contributed by atoms with van der Waals surface area (Å²) in [5.41, 5.74) is 2.50. The normalized spacial score (nSPS) is 13.4. The second kappa shape index (κ2) is 3.69. The Bertz CT molecular complexity index is 103. The molecule has 0 aliphatic carbocycles. The molecule has 0 heterocycles. The van der Waals surface area contributed by atoms with Gasteiger partial charge in [-0.3, -0.25) is 10.2 Å². The Kier molecular flexibility index (Phi) is 3.58. The van der Waals surface area contributed by atoms with E-state index >= 15 is 0 Å². The second-order valence-electron chi connectivity index (χ2n) is 1.99. The Labute approximate surface area is 59.9 Å². The molecule has 0 bridgehead atoms. The van der Waals surface area contributed by atoms with Crippen molar-refractivity contribution >= 4 is 17.5 Å². The van der Waals surface area contributed by atoms with Gasteiger partial charge in [-0.1, -0.05) is 0 Å². The van der Waals surface area contributed by atoms with Crippen molar-refractivity contribution < 1.29 is 4.79 Å². The number of carbonyl (C=O) groups excluding carboxylic acids is 1. The lowest BCUT2D eigenvalue weighted by molar-refractivity contribution is -0.124. The average molecular weight is 151 g/mol. The number of hydrogen-bond donors (Lipinski definition) is 1. The Morgan fingerprint density at radius 1 is 1.67 bits per heavy atom. The van der Waals surface area contributed by atoms with Crippen molar-refractivity contribution in [2.75, 3.05) is 14.1 Å². The molecule has 0 saturated carbocycles. The third-order valence-corrected chi connectivity index (χ3v) is 0.893. The number of hydrogen-bond acceptors (Lipinski definition) is 2. The van der Waals surface area contributed by atoms with Gasteiger partial charge in [-0.05, 0) is 6.92 Å². The molecular formula is C5H11ClN2O. The first kappa shape index (κ1) is 8.72. The van der Waals surface area contributed by atoms with Crippen LogP contribution in [0.5, 0.6) is 0 Å². The van der Waals surface area contributed by atoms with Gasteiger partial charge in [-0.25, -0.2) is 5.01 Å². The van der Waals surface area contributed by atoms with Crippen LogP contribution in [0.1, 0.15) is 6.92 Å². The molecule has 1 amide bonds. The Balaban J connectivity index is 3.51. The van der Waals surface area contributed by atoms with Crippen LogP contribution in [0.4, 0.5) is 0 Å². The number of amides is 1. The molecule has 3 nitrogen and oxygen atoms in total. The fourth-order valence-electron chi connectivity index (χ4n) is 0.309. The van der Waals surface area contributed by atoms with Crippen molar-refractivity contribution in [3.63, 3.8) is 0 Å². The van der Waals surface area contributed by atoms with Crippen LogP contribution in [0.15, 0.2) is 0 Å². The lowest BCUT2D eigenvalue weighted by Crippen LogP contribution is -2.39. The average Bonchev–Trinajstić information content (AvgIpc) is 1.63. The summed E-state index contributed by atoms with van der Waals surface area (Å²) in [5.74, 6) is -0.179. The zero-order chi connectivity index (χ0) is 7.44. The maximum Gasteiger partial charge on any atom is 0.252 e. The van der Waals surface area contributed by atoms with Crippen LogP contribution in [0.25, 0.3) is 0 Å². The monoisotopic (exact) mass is 150 g/mol. The highest BCUT2D eigenvalue weighted by Crippen LogP contribution is 1.91. The number of hydrazine groups is 1. The fraction of sp³-hybridized carbons (Fsp3) is 0.800. The van der Waals surface area contributed by atoms with Crippen LogP contribution in [0, 0.1) is 0 Å². The molecule has 0 aromatic rings. The second-order valence-corrected chi connectivity index (χ2v) is 2.64. The van der Waals surface area contributed by atoms with Gasteiger partial charge in [0.15, 0.2) is 0 Å². The van der Waals surface area contributed by atoms with E-state index in [0.29, 0.717) is 0 Å². The summed E-state index contributed by atoms with van der Waals surface area (Å²) >= 11 is 5.43. The maximum atomic E-state index is 10.7. The smallest absolute Gasteiger partial charge is 0.252 e. The molecule has 0 radical (unpaired) electrons. The molecule has 1 unspecified atom stereocenters. The maximum absolute atomic E-state index is 10.7. The van der Waals surface area contributed by atoms with Crippen molar-refractivity contribution in [2.24, 2.45) is 0 Å². The molecule has 1 atom stereocenters. The van der Waals surface area contributed by atoms with Crippen LogP contribution in [0.3, 0.4) is 0 Å². The lowest BCUT2D eigenvalue weighted by Gasteiger charge is -2.12. The predicted octanol–water partition coefficient (Wildman–Crippen LogP) is 0.206. The highest BCUT2D eigenvalue weighted by Gasteiger charge is 2.07. The van der Waals surface area contributed by atoms with Crippen LogP contribution in [-0.4, -0.2) is 30.4 Å². The van der Waals surface area contributed by atoms with Crippen molar-refractivity contribution in [1.82, 2.24) is 10.4 Å². The molecule has 0 saturated heterocycles. The minimum atomic E-state index is -0.465. The van der Waals surface area contributed by atoms with Gasteiger partial charge in [0.2, 0.25) is 0 Å². The van der Waals surface area contributed by atoms with E-state index < -0.39 is 5.38 Å². The summed E-state index contributed by atoms with van der Waals surface area (Å²) < 4.78 is 0. The van der Waals surface area contributed by atoms with E-state index in [1.54, 1.807) is 26.0 Å². The molecule has 9 heavy (non-hydrogen) atoms. The van der Waals surface area contributed by atoms with Crippen LogP contribution in [-0.2, 0) is 4.79 Å². The zero-order valence-electron chi connectivity index (χ0n) is 5.81. The molecule has 0 aromatic heterocycles. The predicted molar refractivity (Wildman–Crippen MR) is 37.1 cm³/mol. The van der Waals surface area contributed by atoms with E-state index in [0.717, 1.165) is 0 Å². The van der Waals surface area contributed by atoms with Crippen LogP contribution >= 0.6 is 11.6 Å². The van der Waals surface area contributed by atoms with Gasteiger partial charge >= 0.3 is 0 Å². The minimum Gasteiger partial charge on any atom is -0.288 e. The van der Waals surface area contributed by atoms with E-state index in [1.165, 1.54) is 0 Å². The fourth-order valence-corrected chi connectivity index (χ4v) is 0.358. The molecule has 0 spiro atoms. The number of carbonyl (C=O) groups is 1. The van der Waals surface area contributed by atoms with Gasteiger partial charge in [0.1, 0.15) is 5.38 Å². The van der Waals surface area contributed by atoms with E-state index in [-0.39, 0.29) is 5.91 Å². The summed E-state index contributed by atoms with van der Waals surface area (Å²) in [6.45, 7) is 1.63. The zero-order valence-corrected chi connectivity index (χ0v) is 6.57. The number of rotatable bonds is 2. The molecule has 0 aliphatic rings. The van der Waals surface area contributed by atoms with Gasteiger partial charge in [0, 0.05) is 14.1 Å². The highest BCUT2D eigenvalue weighted by atomic mass is 35.5. The minimum absolute atomic E-state index is 0.179. The van der Waals surface area contributed by atoms with Crippen LogP contribution < -0.4 is 5.43 Å². The van der Waals surface area contributed by atoms with E-state index in [2.05, 4.69) is 5.43 Å². The van der Waals surface area contributed by atoms with Crippen molar-refractivity contribution in [3.05, 3.63) is 0 Å². The third-order valence-electron chi connectivity index (χ3n) is 0.695. The van der Waals surface area contributed by atoms with Crippen molar-refractivity contribution in [3.8, 4) is 0 Å². The number of nitrogens with one attached hydrogen (secondary N) is 1. The van der Waals surface area contributed by atoms with Gasteiger partial charge in [-0.15, -0.1) is 11.6 Å². The summed E-state index contributed by atoms with van der Waals surface area (Å²) in [7, 11) is 3.47. The molecule has 1 N–H and O–H groups in total. The number of nitrogens with zero attached hydrogens (tertiary/aromatic N) is 1. The number of alkyl halides is 1. The summed E-state index contributed by atoms with van der Waals surface area (Å²) in [6, 6.07) is 0. The Morgan fingerprint density at radius 3 is 2.22 bits per heavy atom. The molecule has 0 aliphatic heterocycles. The van der Waals surface area contributed by atoms with E-state index in [9.17, 15) is 4.79 Å². The molecule has 0 fully saturated rings. The molecule has 0 rings (SSSR count). The molecule has 4 heteroatoms. The Morgan fingerprint density at radius 2 is 2.11 bits per heavy atom. The quantitative estimate of drug-likeness (QED) is 0.451. The lowest BCUT2D eigenvalue weighted by atomic mass is 10.5. The molecule has 54 valence electrons. The topological polar surface area (TPSA) is 32.3 Å². The van der Waals surface area contributed by atoms with Gasteiger partial charge in [0.05, 0.1) is 0 Å². The van der Waals surface area contributed by atoms with Gasteiger partial charge < -0.3 is 0 Å². The SMILES string of the molecule is CC(Cl)C(=O)NN(C)C. The first-order valence-corrected chi connectivity index (χ1v) is 3.09. The summed E-state index contributed by atoms with van der Waals surface area (Å²) in [6.07, 6.45) is 0. The highest BCUT2D eigenvalue weighted by molar-refractivity contribution is 6.30. The molecular weight excluding hydrogens is 140 g/mol. The molecule has 0 aromatic carbocycles. The largest absolute Gasteiger partial charge is 0.288 e. The Hall–Kier alpha value is -0.280. The number of halogens is 1. The van der Waals surface area contributed by atoms with E-state index in [4.69, 9.17) is 11.6 Å². The first-order valence-electron chi connectivity index (χ1n) is 2.66. The van der Waals surface area contributed by atoms with Gasteiger partial charge in [-0.2, -0.15) is 0 Å². The van der Waals surface area contributed by atoms with Crippen molar-refractivity contribution in [1.29, 1.82) is 0 Å². The first-order chi connectivity index (χ1) is 4.04. The van der Waals surface area contributed by atoms with Crippen LogP contribution in [0.2, 0.25) is 0 Å². The summed E-state index contributed by atoms with van der Waals surface area (Å²) in [4.78, 5) is 10.7. The van der Waals surface area contributed by atoms with Gasteiger partial charge in [0.25, 0.3) is 5.91 Å². The van der Waals surface area contributed by atoms with Crippen molar-refractivity contribution in [2.45, 2.75) is 12.3 Å². The third kappa shape index (κ3) is 4.24.